The van der Waals surface area contributed by atoms with Gasteiger partial charge in [-0.1, -0.05) is 37.6 Å². The van der Waals surface area contributed by atoms with Gasteiger partial charge in [0.05, 0.1) is 0 Å². The monoisotopic (exact) mass is 426 g/mol. The number of halogens is 1. The molecule has 31 heavy (non-hydrogen) atoms. The largest absolute Gasteiger partial charge is 0.492 e. The van der Waals surface area contributed by atoms with E-state index in [2.05, 4.69) is 25.2 Å². The molecule has 0 unspecified atom stereocenters. The predicted octanol–water partition coefficient (Wildman–Crippen LogP) is 4.73. The van der Waals surface area contributed by atoms with Gasteiger partial charge in [-0.25, -0.2) is 4.39 Å². The Bertz CT molecular complexity index is 858. The summed E-state index contributed by atoms with van der Waals surface area (Å²) < 4.78 is 20.9. The first-order chi connectivity index (χ1) is 14.9. The van der Waals surface area contributed by atoms with Crippen LogP contribution in [-0.4, -0.2) is 49.3 Å². The molecule has 4 nitrogen and oxygen atoms in total. The number of carbonyl (C=O) groups excluding carboxylic acids is 1. The van der Waals surface area contributed by atoms with Gasteiger partial charge in [0.2, 0.25) is 0 Å². The minimum atomic E-state index is -1.28. The van der Waals surface area contributed by atoms with E-state index in [1.54, 1.807) is 4.90 Å². The summed E-state index contributed by atoms with van der Waals surface area (Å²) >= 11 is 0. The van der Waals surface area contributed by atoms with Crippen LogP contribution in [0.3, 0.4) is 0 Å². The number of likely N-dealkylation sites (tertiary alicyclic amines) is 1. The minimum Gasteiger partial charge on any atom is -0.492 e. The number of benzene rings is 2. The molecule has 1 heterocycles. The molecule has 2 aromatic carbocycles. The van der Waals surface area contributed by atoms with Gasteiger partial charge in [-0.15, -0.1) is 0 Å². The van der Waals surface area contributed by atoms with Gasteiger partial charge in [0.1, 0.15) is 18.0 Å². The molecule has 1 fully saturated rings. The summed E-state index contributed by atoms with van der Waals surface area (Å²) in [4.78, 5) is 14.7. The van der Waals surface area contributed by atoms with E-state index < -0.39 is 5.67 Å². The highest BCUT2D eigenvalue weighted by atomic mass is 19.1. The number of hydrogen-bond acceptors (Lipinski definition) is 3. The van der Waals surface area contributed by atoms with Crippen molar-refractivity contribution in [1.29, 1.82) is 0 Å². The first-order valence-electron chi connectivity index (χ1n) is 11.4. The van der Waals surface area contributed by atoms with Crippen LogP contribution >= 0.6 is 0 Å². The van der Waals surface area contributed by atoms with Crippen LogP contribution in [0, 0.1) is 6.92 Å². The molecule has 0 aromatic heterocycles. The number of nitrogens with zero attached hydrogens (tertiary/aromatic N) is 1. The average Bonchev–Trinajstić information content (AvgIpc) is 2.79. The molecular weight excluding hydrogens is 391 g/mol. The number of rotatable bonds is 9. The maximum atomic E-state index is 15.2. The molecule has 0 aliphatic carbocycles. The van der Waals surface area contributed by atoms with Gasteiger partial charge in [0, 0.05) is 44.6 Å². The third-order valence-corrected chi connectivity index (χ3v) is 6.17. The summed E-state index contributed by atoms with van der Waals surface area (Å²) in [5.41, 5.74) is 3.15. The van der Waals surface area contributed by atoms with Crippen molar-refractivity contribution in [2.24, 2.45) is 0 Å². The lowest BCUT2D eigenvalue weighted by Crippen LogP contribution is -2.49. The topological polar surface area (TPSA) is 41.6 Å². The maximum Gasteiger partial charge on any atom is 0.253 e. The molecule has 1 saturated heterocycles. The van der Waals surface area contributed by atoms with Gasteiger partial charge in [0.15, 0.2) is 0 Å². The van der Waals surface area contributed by atoms with E-state index in [1.807, 2.05) is 43.3 Å². The van der Waals surface area contributed by atoms with Crippen molar-refractivity contribution in [3.63, 3.8) is 0 Å². The summed E-state index contributed by atoms with van der Waals surface area (Å²) in [7, 11) is 0. The predicted molar refractivity (Wildman–Crippen MR) is 124 cm³/mol. The van der Waals surface area contributed by atoms with Crippen molar-refractivity contribution in [3.8, 4) is 5.75 Å². The van der Waals surface area contributed by atoms with Gasteiger partial charge in [-0.2, -0.15) is 0 Å². The lowest BCUT2D eigenvalue weighted by molar-refractivity contribution is 0.0433. The summed E-state index contributed by atoms with van der Waals surface area (Å²) in [6, 6.07) is 13.9. The van der Waals surface area contributed by atoms with Gasteiger partial charge in [-0.05, 0) is 55.2 Å². The molecule has 2 aromatic rings. The fourth-order valence-corrected chi connectivity index (χ4v) is 4.09. The number of nitrogens with one attached hydrogen (secondary N) is 1. The summed E-state index contributed by atoms with van der Waals surface area (Å²) in [6.07, 6.45) is 2.60. The van der Waals surface area contributed by atoms with E-state index in [9.17, 15) is 4.79 Å². The van der Waals surface area contributed by atoms with Crippen LogP contribution in [0.2, 0.25) is 0 Å². The molecule has 3 rings (SSSR count). The van der Waals surface area contributed by atoms with E-state index in [4.69, 9.17) is 4.74 Å². The molecule has 5 heteroatoms. The molecule has 1 aliphatic rings. The highest BCUT2D eigenvalue weighted by molar-refractivity contribution is 5.94. The standard InChI is InChI=1S/C26H35FN2O2/c1-4-21-8-9-23(18-22(21)5-2)25(30)29-15-12-26(27,13-16-29)19-28-14-17-31-24-10-6-20(3)7-11-24/h6-11,18,28H,4-5,12-17,19H2,1-3H3. The van der Waals surface area contributed by atoms with E-state index in [0.29, 0.717) is 44.6 Å². The highest BCUT2D eigenvalue weighted by Gasteiger charge is 2.35. The third kappa shape index (κ3) is 6.30. The van der Waals surface area contributed by atoms with Gasteiger partial charge in [-0.3, -0.25) is 4.79 Å². The van der Waals surface area contributed by atoms with Crippen molar-refractivity contribution in [3.05, 3.63) is 64.7 Å². The van der Waals surface area contributed by atoms with Crippen LogP contribution in [0.5, 0.6) is 5.75 Å². The van der Waals surface area contributed by atoms with Crippen molar-refractivity contribution in [2.75, 3.05) is 32.8 Å². The Kier molecular flexibility index (Phi) is 8.08. The molecule has 0 saturated carbocycles. The van der Waals surface area contributed by atoms with Crippen LogP contribution in [0.25, 0.3) is 0 Å². The molecule has 0 bridgehead atoms. The van der Waals surface area contributed by atoms with Crippen LogP contribution < -0.4 is 10.1 Å². The number of aryl methyl sites for hydroxylation is 3. The zero-order valence-electron chi connectivity index (χ0n) is 19.0. The second-order valence-corrected chi connectivity index (χ2v) is 8.47. The van der Waals surface area contributed by atoms with E-state index >= 15 is 4.39 Å². The number of carbonyl (C=O) groups is 1. The first-order valence-corrected chi connectivity index (χ1v) is 11.4. The number of alkyl halides is 1. The molecule has 0 atom stereocenters. The number of hydrogen-bond donors (Lipinski definition) is 1. The smallest absolute Gasteiger partial charge is 0.253 e. The first kappa shape index (κ1) is 23.3. The second kappa shape index (κ2) is 10.8. The quantitative estimate of drug-likeness (QED) is 0.589. The SMILES string of the molecule is CCc1ccc(C(=O)N2CCC(F)(CNCCOc3ccc(C)cc3)CC2)cc1CC. The molecule has 1 amide bonds. The highest BCUT2D eigenvalue weighted by Crippen LogP contribution is 2.27. The van der Waals surface area contributed by atoms with Crippen molar-refractivity contribution in [2.45, 2.75) is 52.1 Å². The van der Waals surface area contributed by atoms with Crippen LogP contribution in [0.4, 0.5) is 4.39 Å². The summed E-state index contributed by atoms with van der Waals surface area (Å²) in [6.45, 7) is 8.56. The number of amides is 1. The molecular formula is C26H35FN2O2. The third-order valence-electron chi connectivity index (χ3n) is 6.17. The Morgan fingerprint density at radius 2 is 1.74 bits per heavy atom. The fourth-order valence-electron chi connectivity index (χ4n) is 4.09. The molecule has 1 aliphatic heterocycles. The number of ether oxygens (including phenoxy) is 1. The zero-order chi connectivity index (χ0) is 22.3. The lowest BCUT2D eigenvalue weighted by atomic mass is 9.92. The summed E-state index contributed by atoms with van der Waals surface area (Å²) in [5, 5.41) is 3.18. The van der Waals surface area contributed by atoms with Crippen molar-refractivity contribution >= 4 is 5.91 Å². The molecule has 168 valence electrons. The lowest BCUT2D eigenvalue weighted by Gasteiger charge is -2.36. The van der Waals surface area contributed by atoms with Crippen LogP contribution in [0.1, 0.15) is 53.7 Å². The van der Waals surface area contributed by atoms with Crippen molar-refractivity contribution in [1.82, 2.24) is 10.2 Å². The fraction of sp³-hybridized carbons (Fsp3) is 0.500. The molecule has 0 spiro atoms. The normalized spacial score (nSPS) is 15.7. The maximum absolute atomic E-state index is 15.2. The Balaban J connectivity index is 1.42. The van der Waals surface area contributed by atoms with Gasteiger partial charge < -0.3 is 15.0 Å². The van der Waals surface area contributed by atoms with Crippen LogP contribution in [-0.2, 0) is 12.8 Å². The molecule has 0 radical (unpaired) electrons. The Hall–Kier alpha value is -2.40. The van der Waals surface area contributed by atoms with E-state index in [-0.39, 0.29) is 12.5 Å². The number of piperidine rings is 1. The Morgan fingerprint density at radius 3 is 2.39 bits per heavy atom. The Labute approximate surface area is 185 Å². The second-order valence-electron chi connectivity index (χ2n) is 8.47. The Morgan fingerprint density at radius 1 is 1.06 bits per heavy atom. The van der Waals surface area contributed by atoms with Crippen molar-refractivity contribution < 1.29 is 13.9 Å². The average molecular weight is 427 g/mol. The zero-order valence-corrected chi connectivity index (χ0v) is 19.0. The van der Waals surface area contributed by atoms with E-state index in [1.165, 1.54) is 16.7 Å². The van der Waals surface area contributed by atoms with Gasteiger partial charge in [0.25, 0.3) is 5.91 Å². The minimum absolute atomic E-state index is 0.0128. The molecule has 1 N–H and O–H groups in total. The van der Waals surface area contributed by atoms with E-state index in [0.717, 1.165) is 18.6 Å². The van der Waals surface area contributed by atoms with Crippen LogP contribution in [0.15, 0.2) is 42.5 Å². The summed E-state index contributed by atoms with van der Waals surface area (Å²) in [5.74, 6) is 0.839. The van der Waals surface area contributed by atoms with Gasteiger partial charge >= 0.3 is 0 Å².